The van der Waals surface area contributed by atoms with Crippen LogP contribution in [-0.4, -0.2) is 50.7 Å². The van der Waals surface area contributed by atoms with E-state index in [9.17, 15) is 9.59 Å². The van der Waals surface area contributed by atoms with Crippen LogP contribution < -0.4 is 9.47 Å². The standard InChI is InChI=1S/C18H25NO5/c1-5-24-18(21)13-7-6-8-19(11-13)17(20)14-9-15(22-3)12(2)16(10-14)23-4/h9-10,13H,5-8,11H2,1-4H3. The lowest BCUT2D eigenvalue weighted by Gasteiger charge is -2.31. The van der Waals surface area contributed by atoms with Gasteiger partial charge in [-0.05, 0) is 38.8 Å². The number of carbonyl (C=O) groups is 2. The number of carbonyl (C=O) groups excluding carboxylic acids is 2. The Labute approximate surface area is 142 Å². The van der Waals surface area contributed by atoms with Crippen LogP contribution in [0.1, 0.15) is 35.7 Å². The van der Waals surface area contributed by atoms with Crippen molar-refractivity contribution in [3.8, 4) is 11.5 Å². The molecule has 132 valence electrons. The fourth-order valence-corrected chi connectivity index (χ4v) is 3.01. The highest BCUT2D eigenvalue weighted by molar-refractivity contribution is 5.95. The van der Waals surface area contributed by atoms with Crippen LogP contribution >= 0.6 is 0 Å². The van der Waals surface area contributed by atoms with Gasteiger partial charge in [-0.25, -0.2) is 0 Å². The van der Waals surface area contributed by atoms with Crippen molar-refractivity contribution in [3.05, 3.63) is 23.3 Å². The molecule has 1 amide bonds. The van der Waals surface area contributed by atoms with Crippen LogP contribution in [-0.2, 0) is 9.53 Å². The highest BCUT2D eigenvalue weighted by Crippen LogP contribution is 2.30. The number of piperidine rings is 1. The molecule has 1 saturated heterocycles. The number of hydrogen-bond acceptors (Lipinski definition) is 5. The average Bonchev–Trinajstić information content (AvgIpc) is 2.61. The molecule has 1 aliphatic rings. The van der Waals surface area contributed by atoms with E-state index in [2.05, 4.69) is 0 Å². The molecule has 6 nitrogen and oxygen atoms in total. The van der Waals surface area contributed by atoms with E-state index < -0.39 is 0 Å². The van der Waals surface area contributed by atoms with E-state index in [1.165, 1.54) is 0 Å². The third-order valence-corrected chi connectivity index (χ3v) is 4.33. The number of esters is 1. The van der Waals surface area contributed by atoms with E-state index >= 15 is 0 Å². The predicted molar refractivity (Wildman–Crippen MR) is 89.5 cm³/mol. The molecule has 0 spiro atoms. The number of nitrogens with zero attached hydrogens (tertiary/aromatic N) is 1. The first kappa shape index (κ1) is 18.1. The van der Waals surface area contributed by atoms with Gasteiger partial charge in [0, 0.05) is 24.2 Å². The number of benzene rings is 1. The molecule has 0 saturated carbocycles. The van der Waals surface area contributed by atoms with Crippen LogP contribution in [0.3, 0.4) is 0 Å². The van der Waals surface area contributed by atoms with Crippen LogP contribution in [0.4, 0.5) is 0 Å². The monoisotopic (exact) mass is 335 g/mol. The summed E-state index contributed by atoms with van der Waals surface area (Å²) < 4.78 is 15.8. The highest BCUT2D eigenvalue weighted by atomic mass is 16.5. The first-order chi connectivity index (χ1) is 11.5. The molecule has 1 aromatic rings. The second-order valence-electron chi connectivity index (χ2n) is 5.85. The third kappa shape index (κ3) is 3.80. The summed E-state index contributed by atoms with van der Waals surface area (Å²) in [6.07, 6.45) is 1.54. The van der Waals surface area contributed by atoms with Crippen molar-refractivity contribution < 1.29 is 23.8 Å². The Bertz CT molecular complexity index is 588. The lowest BCUT2D eigenvalue weighted by Crippen LogP contribution is -2.42. The van der Waals surface area contributed by atoms with Gasteiger partial charge in [0.05, 0.1) is 26.7 Å². The zero-order valence-electron chi connectivity index (χ0n) is 14.8. The second-order valence-corrected chi connectivity index (χ2v) is 5.85. The van der Waals surface area contributed by atoms with Gasteiger partial charge in [0.25, 0.3) is 5.91 Å². The predicted octanol–water partition coefficient (Wildman–Crippen LogP) is 2.43. The topological polar surface area (TPSA) is 65.1 Å². The summed E-state index contributed by atoms with van der Waals surface area (Å²) in [4.78, 5) is 26.5. The molecule has 2 rings (SSSR count). The van der Waals surface area contributed by atoms with E-state index in [-0.39, 0.29) is 17.8 Å². The smallest absolute Gasteiger partial charge is 0.310 e. The fourth-order valence-electron chi connectivity index (χ4n) is 3.01. The summed E-state index contributed by atoms with van der Waals surface area (Å²) >= 11 is 0. The second kappa shape index (κ2) is 8.04. The van der Waals surface area contributed by atoms with Gasteiger partial charge in [0.2, 0.25) is 0 Å². The van der Waals surface area contributed by atoms with Crippen molar-refractivity contribution in [1.29, 1.82) is 0 Å². The van der Waals surface area contributed by atoms with Crippen molar-refractivity contribution in [2.75, 3.05) is 33.9 Å². The molecular weight excluding hydrogens is 310 g/mol. The van der Waals surface area contributed by atoms with Gasteiger partial charge >= 0.3 is 5.97 Å². The Morgan fingerprint density at radius 1 is 1.21 bits per heavy atom. The number of rotatable bonds is 5. The largest absolute Gasteiger partial charge is 0.496 e. The Balaban J connectivity index is 2.20. The zero-order valence-corrected chi connectivity index (χ0v) is 14.8. The van der Waals surface area contributed by atoms with Crippen LogP contribution in [0.2, 0.25) is 0 Å². The maximum absolute atomic E-state index is 12.8. The SMILES string of the molecule is CCOC(=O)C1CCCN(C(=O)c2cc(OC)c(C)c(OC)c2)C1. The van der Waals surface area contributed by atoms with Gasteiger partial charge in [-0.2, -0.15) is 0 Å². The molecule has 0 N–H and O–H groups in total. The molecule has 0 radical (unpaired) electrons. The molecule has 1 aliphatic heterocycles. The Morgan fingerprint density at radius 3 is 2.38 bits per heavy atom. The van der Waals surface area contributed by atoms with E-state index in [4.69, 9.17) is 14.2 Å². The van der Waals surface area contributed by atoms with E-state index in [1.807, 2.05) is 6.92 Å². The highest BCUT2D eigenvalue weighted by Gasteiger charge is 2.30. The molecule has 24 heavy (non-hydrogen) atoms. The normalized spacial score (nSPS) is 17.3. The summed E-state index contributed by atoms with van der Waals surface area (Å²) in [6.45, 7) is 5.04. The third-order valence-electron chi connectivity index (χ3n) is 4.33. The van der Waals surface area contributed by atoms with Crippen molar-refractivity contribution in [2.45, 2.75) is 26.7 Å². The molecule has 0 aliphatic carbocycles. The summed E-state index contributed by atoms with van der Waals surface area (Å²) in [5, 5.41) is 0. The Kier molecular flexibility index (Phi) is 6.06. The van der Waals surface area contributed by atoms with Crippen LogP contribution in [0, 0.1) is 12.8 Å². The quantitative estimate of drug-likeness (QED) is 0.773. The average molecular weight is 335 g/mol. The summed E-state index contributed by atoms with van der Waals surface area (Å²) in [5.41, 5.74) is 1.35. The van der Waals surface area contributed by atoms with Gasteiger partial charge in [-0.1, -0.05) is 0 Å². The summed E-state index contributed by atoms with van der Waals surface area (Å²) in [6, 6.07) is 3.43. The molecule has 1 aromatic carbocycles. The summed E-state index contributed by atoms with van der Waals surface area (Å²) in [7, 11) is 3.13. The Morgan fingerprint density at radius 2 is 1.83 bits per heavy atom. The molecule has 1 heterocycles. The van der Waals surface area contributed by atoms with E-state index in [0.717, 1.165) is 18.4 Å². The van der Waals surface area contributed by atoms with Gasteiger partial charge in [0.1, 0.15) is 11.5 Å². The van der Waals surface area contributed by atoms with Crippen molar-refractivity contribution in [1.82, 2.24) is 4.90 Å². The number of ether oxygens (including phenoxy) is 3. The molecular formula is C18H25NO5. The van der Waals surface area contributed by atoms with E-state index in [0.29, 0.717) is 36.8 Å². The first-order valence-electron chi connectivity index (χ1n) is 8.20. The molecule has 6 heteroatoms. The van der Waals surface area contributed by atoms with Crippen LogP contribution in [0.15, 0.2) is 12.1 Å². The van der Waals surface area contributed by atoms with Crippen LogP contribution in [0.25, 0.3) is 0 Å². The molecule has 0 aromatic heterocycles. The minimum atomic E-state index is -0.253. The number of likely N-dealkylation sites (tertiary alicyclic amines) is 1. The van der Waals surface area contributed by atoms with Gasteiger partial charge in [0.15, 0.2) is 0 Å². The lowest BCUT2D eigenvalue weighted by molar-refractivity contribution is -0.149. The maximum atomic E-state index is 12.8. The number of methoxy groups -OCH3 is 2. The molecule has 1 atom stereocenters. The van der Waals surface area contributed by atoms with Crippen molar-refractivity contribution in [3.63, 3.8) is 0 Å². The fraction of sp³-hybridized carbons (Fsp3) is 0.556. The van der Waals surface area contributed by atoms with Crippen molar-refractivity contribution >= 4 is 11.9 Å². The molecule has 0 bridgehead atoms. The van der Waals surface area contributed by atoms with E-state index in [1.54, 1.807) is 38.2 Å². The maximum Gasteiger partial charge on any atom is 0.310 e. The van der Waals surface area contributed by atoms with Gasteiger partial charge in [-0.15, -0.1) is 0 Å². The first-order valence-corrected chi connectivity index (χ1v) is 8.20. The van der Waals surface area contributed by atoms with Gasteiger partial charge in [-0.3, -0.25) is 9.59 Å². The number of hydrogen-bond donors (Lipinski definition) is 0. The molecule has 1 unspecified atom stereocenters. The van der Waals surface area contributed by atoms with Gasteiger partial charge < -0.3 is 19.1 Å². The molecule has 1 fully saturated rings. The number of amides is 1. The lowest BCUT2D eigenvalue weighted by atomic mass is 9.97. The summed E-state index contributed by atoms with van der Waals surface area (Å²) in [5.74, 6) is 0.611. The van der Waals surface area contributed by atoms with Crippen LogP contribution in [0.5, 0.6) is 11.5 Å². The zero-order chi connectivity index (χ0) is 17.7. The minimum Gasteiger partial charge on any atom is -0.496 e. The van der Waals surface area contributed by atoms with Crippen molar-refractivity contribution in [2.24, 2.45) is 5.92 Å². The Hall–Kier alpha value is -2.24. The minimum absolute atomic E-state index is 0.124.